The van der Waals surface area contributed by atoms with E-state index in [2.05, 4.69) is 17.2 Å². The van der Waals surface area contributed by atoms with Crippen molar-refractivity contribution in [3.63, 3.8) is 0 Å². The Hall–Kier alpha value is -1.78. The van der Waals surface area contributed by atoms with Crippen LogP contribution in [0.3, 0.4) is 0 Å². The van der Waals surface area contributed by atoms with Crippen molar-refractivity contribution in [2.24, 2.45) is 5.92 Å². The topological polar surface area (TPSA) is 65.5 Å². The van der Waals surface area contributed by atoms with Crippen LogP contribution in [-0.2, 0) is 4.79 Å². The van der Waals surface area contributed by atoms with Crippen LogP contribution < -0.4 is 10.2 Å². The lowest BCUT2D eigenvalue weighted by Gasteiger charge is -2.24. The minimum absolute atomic E-state index is 0.0684. The molecule has 5 nitrogen and oxygen atoms in total. The zero-order chi connectivity index (χ0) is 17.2. The molecule has 0 saturated carbocycles. The standard InChI is InChI=1S/C18H31N3O2/c1-5-6-7-8-9-10-16(14(2)18(22)23)20-15-11-12-17(19-13-15)21(3)4/h11-14,16,20H,5-10H2,1-4H3,(H,22,23). The second kappa shape index (κ2) is 10.1. The van der Waals surface area contributed by atoms with Crippen LogP contribution in [0.15, 0.2) is 18.3 Å². The Labute approximate surface area is 140 Å². The van der Waals surface area contributed by atoms with Gasteiger partial charge in [0.15, 0.2) is 0 Å². The number of hydrogen-bond donors (Lipinski definition) is 2. The summed E-state index contributed by atoms with van der Waals surface area (Å²) in [6.07, 6.45) is 8.55. The molecule has 0 aliphatic carbocycles. The van der Waals surface area contributed by atoms with E-state index in [0.717, 1.165) is 30.8 Å². The highest BCUT2D eigenvalue weighted by atomic mass is 16.4. The highest BCUT2D eigenvalue weighted by molar-refractivity contribution is 5.71. The monoisotopic (exact) mass is 321 g/mol. The second-order valence-electron chi connectivity index (χ2n) is 6.38. The molecule has 1 aromatic heterocycles. The minimum Gasteiger partial charge on any atom is -0.481 e. The van der Waals surface area contributed by atoms with Crippen LogP contribution >= 0.6 is 0 Å². The molecule has 2 atom stereocenters. The van der Waals surface area contributed by atoms with Crippen molar-refractivity contribution < 1.29 is 9.90 Å². The third-order valence-electron chi connectivity index (χ3n) is 4.17. The van der Waals surface area contributed by atoms with Gasteiger partial charge >= 0.3 is 5.97 Å². The molecule has 0 aliphatic rings. The molecule has 0 fully saturated rings. The number of aromatic nitrogens is 1. The van der Waals surface area contributed by atoms with Gasteiger partial charge in [-0.3, -0.25) is 4.79 Å². The molecule has 0 radical (unpaired) electrons. The molecule has 0 saturated heterocycles. The van der Waals surface area contributed by atoms with Gasteiger partial charge in [0.2, 0.25) is 0 Å². The average molecular weight is 321 g/mol. The summed E-state index contributed by atoms with van der Waals surface area (Å²) in [5, 5.41) is 12.7. The number of anilines is 2. The van der Waals surface area contributed by atoms with E-state index < -0.39 is 11.9 Å². The lowest BCUT2D eigenvalue weighted by atomic mass is 9.95. The fourth-order valence-electron chi connectivity index (χ4n) is 2.54. The van der Waals surface area contributed by atoms with Crippen LogP contribution in [0.2, 0.25) is 0 Å². The van der Waals surface area contributed by atoms with Crippen LogP contribution in [0.1, 0.15) is 52.4 Å². The van der Waals surface area contributed by atoms with Crippen LogP contribution in [-0.4, -0.2) is 36.2 Å². The molecule has 0 amide bonds. The molecule has 0 spiro atoms. The summed E-state index contributed by atoms with van der Waals surface area (Å²) in [5.74, 6) is -0.290. The highest BCUT2D eigenvalue weighted by Gasteiger charge is 2.23. The van der Waals surface area contributed by atoms with Crippen molar-refractivity contribution in [2.45, 2.75) is 58.4 Å². The lowest BCUT2D eigenvalue weighted by Crippen LogP contribution is -2.32. The summed E-state index contributed by atoms with van der Waals surface area (Å²) in [5.41, 5.74) is 0.877. The summed E-state index contributed by atoms with van der Waals surface area (Å²) in [4.78, 5) is 17.7. The number of carboxylic acids is 1. The van der Waals surface area contributed by atoms with Crippen LogP contribution in [0.25, 0.3) is 0 Å². The zero-order valence-electron chi connectivity index (χ0n) is 14.9. The number of carboxylic acid groups (broad SMARTS) is 1. The Morgan fingerprint density at radius 1 is 1.26 bits per heavy atom. The lowest BCUT2D eigenvalue weighted by molar-refractivity contribution is -0.141. The Morgan fingerprint density at radius 3 is 2.48 bits per heavy atom. The van der Waals surface area contributed by atoms with Crippen molar-refractivity contribution in [3.8, 4) is 0 Å². The zero-order valence-corrected chi connectivity index (χ0v) is 14.9. The van der Waals surface area contributed by atoms with Gasteiger partial charge in [-0.1, -0.05) is 39.0 Å². The maximum absolute atomic E-state index is 11.3. The van der Waals surface area contributed by atoms with Crippen molar-refractivity contribution in [1.82, 2.24) is 4.98 Å². The summed E-state index contributed by atoms with van der Waals surface area (Å²) < 4.78 is 0. The third kappa shape index (κ3) is 6.89. The number of nitrogens with zero attached hydrogens (tertiary/aromatic N) is 2. The fourth-order valence-corrected chi connectivity index (χ4v) is 2.54. The number of hydrogen-bond acceptors (Lipinski definition) is 4. The Balaban J connectivity index is 2.62. The predicted molar refractivity (Wildman–Crippen MR) is 96.2 cm³/mol. The number of rotatable bonds is 11. The maximum atomic E-state index is 11.3. The second-order valence-corrected chi connectivity index (χ2v) is 6.38. The fraction of sp³-hybridized carbons (Fsp3) is 0.667. The van der Waals surface area contributed by atoms with E-state index in [9.17, 15) is 9.90 Å². The maximum Gasteiger partial charge on any atom is 0.308 e. The SMILES string of the molecule is CCCCCCCC(Nc1ccc(N(C)C)nc1)C(C)C(=O)O. The van der Waals surface area contributed by atoms with Gasteiger partial charge in [-0.2, -0.15) is 0 Å². The van der Waals surface area contributed by atoms with E-state index in [1.54, 1.807) is 13.1 Å². The molecule has 23 heavy (non-hydrogen) atoms. The molecule has 0 aliphatic heterocycles. The smallest absolute Gasteiger partial charge is 0.308 e. The van der Waals surface area contributed by atoms with E-state index in [1.807, 2.05) is 31.1 Å². The normalized spacial score (nSPS) is 13.4. The van der Waals surface area contributed by atoms with Crippen molar-refractivity contribution in [3.05, 3.63) is 18.3 Å². The van der Waals surface area contributed by atoms with E-state index in [0.29, 0.717) is 0 Å². The number of carbonyl (C=O) groups is 1. The summed E-state index contributed by atoms with van der Waals surface area (Å²) in [6, 6.07) is 3.83. The molecule has 0 aromatic carbocycles. The van der Waals surface area contributed by atoms with E-state index in [1.165, 1.54) is 19.3 Å². The van der Waals surface area contributed by atoms with Gasteiger partial charge in [-0.05, 0) is 25.5 Å². The van der Waals surface area contributed by atoms with Gasteiger partial charge in [0.25, 0.3) is 0 Å². The van der Waals surface area contributed by atoms with E-state index in [4.69, 9.17) is 0 Å². The third-order valence-corrected chi connectivity index (χ3v) is 4.17. The van der Waals surface area contributed by atoms with Crippen LogP contribution in [0.4, 0.5) is 11.5 Å². The predicted octanol–water partition coefficient (Wildman–Crippen LogP) is 4.01. The van der Waals surface area contributed by atoms with Gasteiger partial charge in [-0.25, -0.2) is 4.98 Å². The van der Waals surface area contributed by atoms with Gasteiger partial charge in [0, 0.05) is 20.1 Å². The van der Waals surface area contributed by atoms with Crippen LogP contribution in [0, 0.1) is 5.92 Å². The van der Waals surface area contributed by atoms with E-state index >= 15 is 0 Å². The first-order valence-corrected chi connectivity index (χ1v) is 8.58. The number of nitrogens with one attached hydrogen (secondary N) is 1. The minimum atomic E-state index is -0.756. The number of unbranched alkanes of at least 4 members (excludes halogenated alkanes) is 4. The van der Waals surface area contributed by atoms with Gasteiger partial charge in [-0.15, -0.1) is 0 Å². The average Bonchev–Trinajstić information content (AvgIpc) is 2.53. The Morgan fingerprint density at radius 2 is 1.96 bits per heavy atom. The van der Waals surface area contributed by atoms with Gasteiger partial charge in [0.1, 0.15) is 5.82 Å². The van der Waals surface area contributed by atoms with Gasteiger partial charge < -0.3 is 15.3 Å². The van der Waals surface area contributed by atoms with Crippen molar-refractivity contribution in [1.29, 1.82) is 0 Å². The molecular weight excluding hydrogens is 290 g/mol. The Kier molecular flexibility index (Phi) is 8.45. The highest BCUT2D eigenvalue weighted by Crippen LogP contribution is 2.20. The molecular formula is C18H31N3O2. The molecule has 2 unspecified atom stereocenters. The first-order chi connectivity index (χ1) is 11.0. The van der Waals surface area contributed by atoms with Crippen molar-refractivity contribution in [2.75, 3.05) is 24.3 Å². The first-order valence-electron chi connectivity index (χ1n) is 8.58. The summed E-state index contributed by atoms with van der Waals surface area (Å²) in [6.45, 7) is 3.97. The molecule has 1 aromatic rings. The molecule has 5 heteroatoms. The molecule has 0 bridgehead atoms. The molecule has 2 N–H and O–H groups in total. The van der Waals surface area contributed by atoms with Crippen LogP contribution in [0.5, 0.6) is 0 Å². The largest absolute Gasteiger partial charge is 0.481 e. The Bertz CT molecular complexity index is 460. The quantitative estimate of drug-likeness (QED) is 0.603. The first kappa shape index (κ1) is 19.3. The molecule has 1 rings (SSSR count). The van der Waals surface area contributed by atoms with E-state index in [-0.39, 0.29) is 6.04 Å². The molecule has 1 heterocycles. The summed E-state index contributed by atoms with van der Waals surface area (Å²) in [7, 11) is 3.89. The number of aliphatic carboxylic acids is 1. The van der Waals surface area contributed by atoms with Gasteiger partial charge in [0.05, 0.1) is 17.8 Å². The molecule has 130 valence electrons. The number of pyridine rings is 1. The van der Waals surface area contributed by atoms with Crippen molar-refractivity contribution >= 4 is 17.5 Å². The summed E-state index contributed by atoms with van der Waals surface area (Å²) >= 11 is 0.